The van der Waals surface area contributed by atoms with E-state index in [0.29, 0.717) is 9.82 Å². The molecule has 1 aliphatic heterocycles. The van der Waals surface area contributed by atoms with E-state index in [1.54, 1.807) is 12.1 Å². The van der Waals surface area contributed by atoms with E-state index in [-0.39, 0.29) is 10.1 Å². The number of benzene rings is 2. The summed E-state index contributed by atoms with van der Waals surface area (Å²) in [5.41, 5.74) is 2.07. The van der Waals surface area contributed by atoms with Gasteiger partial charge in [-0.2, -0.15) is 0 Å². The first-order valence-electron chi connectivity index (χ1n) is 7.44. The van der Waals surface area contributed by atoms with Gasteiger partial charge in [0.15, 0.2) is 4.80 Å². The van der Waals surface area contributed by atoms with Gasteiger partial charge in [0.05, 0.1) is 11.7 Å². The van der Waals surface area contributed by atoms with Crippen LogP contribution in [0.1, 0.15) is 17.2 Å². The molecule has 0 bridgehead atoms. The van der Waals surface area contributed by atoms with E-state index >= 15 is 0 Å². The lowest BCUT2D eigenvalue weighted by Gasteiger charge is -2.24. The molecule has 2 heterocycles. The van der Waals surface area contributed by atoms with E-state index in [1.807, 2.05) is 36.4 Å². The molecular formula is C18H11ClN2O3S. The van der Waals surface area contributed by atoms with Crippen LogP contribution in [-0.2, 0) is 4.79 Å². The standard InChI is InChI=1S/C18H11ClN2O3S/c19-11-6-7-13-12(8-11)16(10-4-2-1-3-5-10)21-17(24)14(9-15(22)23)25-18(21)20-13/h1-9,16H,(H,22,23)/b14-9-/t16-/m1/s1. The summed E-state index contributed by atoms with van der Waals surface area (Å²) in [5.74, 6) is -1.16. The number of carboxylic acid groups (broad SMARTS) is 1. The molecule has 124 valence electrons. The minimum atomic E-state index is -1.16. The van der Waals surface area contributed by atoms with Gasteiger partial charge in [-0.25, -0.2) is 9.79 Å². The maximum atomic E-state index is 12.8. The number of hydrogen-bond donors (Lipinski definition) is 1. The van der Waals surface area contributed by atoms with Crippen LogP contribution in [0.5, 0.6) is 0 Å². The van der Waals surface area contributed by atoms with E-state index in [9.17, 15) is 9.59 Å². The van der Waals surface area contributed by atoms with Gasteiger partial charge >= 0.3 is 5.97 Å². The normalized spacial score (nSPS) is 16.0. The van der Waals surface area contributed by atoms with E-state index in [4.69, 9.17) is 16.7 Å². The second-order valence-electron chi connectivity index (χ2n) is 5.53. The molecule has 2 aromatic carbocycles. The molecule has 25 heavy (non-hydrogen) atoms. The molecule has 0 fully saturated rings. The van der Waals surface area contributed by atoms with Gasteiger partial charge in [0.1, 0.15) is 4.53 Å². The maximum Gasteiger partial charge on any atom is 0.329 e. The van der Waals surface area contributed by atoms with Crippen molar-refractivity contribution in [1.29, 1.82) is 0 Å². The summed E-state index contributed by atoms with van der Waals surface area (Å²) in [6.45, 7) is 0. The molecule has 1 aromatic heterocycles. The van der Waals surface area contributed by atoms with Crippen molar-refractivity contribution in [3.63, 3.8) is 0 Å². The van der Waals surface area contributed by atoms with Gasteiger partial charge in [-0.3, -0.25) is 9.36 Å². The van der Waals surface area contributed by atoms with Gasteiger partial charge < -0.3 is 5.11 Å². The van der Waals surface area contributed by atoms with Crippen molar-refractivity contribution in [2.75, 3.05) is 0 Å². The molecule has 5 nitrogen and oxygen atoms in total. The highest BCUT2D eigenvalue weighted by Crippen LogP contribution is 2.35. The van der Waals surface area contributed by atoms with E-state index < -0.39 is 12.0 Å². The van der Waals surface area contributed by atoms with Crippen LogP contribution < -0.4 is 14.9 Å². The molecule has 1 aliphatic rings. The summed E-state index contributed by atoms with van der Waals surface area (Å²) in [6, 6.07) is 14.5. The van der Waals surface area contributed by atoms with Crippen molar-refractivity contribution in [1.82, 2.24) is 4.57 Å². The van der Waals surface area contributed by atoms with Gasteiger partial charge in [-0.15, -0.1) is 0 Å². The first-order chi connectivity index (χ1) is 12.0. The molecule has 0 radical (unpaired) electrons. The summed E-state index contributed by atoms with van der Waals surface area (Å²) in [6.07, 6.45) is 0.924. The summed E-state index contributed by atoms with van der Waals surface area (Å²) < 4.78 is 1.68. The summed E-state index contributed by atoms with van der Waals surface area (Å²) in [5, 5.41) is 9.55. The van der Waals surface area contributed by atoms with Gasteiger partial charge in [0.25, 0.3) is 5.56 Å². The highest BCUT2D eigenvalue weighted by Gasteiger charge is 2.27. The first-order valence-corrected chi connectivity index (χ1v) is 8.63. The number of carboxylic acids is 1. The van der Waals surface area contributed by atoms with Crippen LogP contribution in [0.4, 0.5) is 5.69 Å². The molecule has 1 N–H and O–H groups in total. The van der Waals surface area contributed by atoms with Gasteiger partial charge in [-0.1, -0.05) is 53.3 Å². The average Bonchev–Trinajstić information content (AvgIpc) is 2.89. The number of aromatic nitrogens is 1. The minimum absolute atomic E-state index is 0.145. The number of nitrogens with zero attached hydrogens (tertiary/aromatic N) is 2. The predicted octanol–water partition coefficient (Wildman–Crippen LogP) is 2.33. The molecule has 0 aliphatic carbocycles. The number of rotatable bonds is 2. The zero-order valence-electron chi connectivity index (χ0n) is 12.7. The first kappa shape index (κ1) is 15.8. The lowest BCUT2D eigenvalue weighted by atomic mass is 9.96. The molecule has 0 amide bonds. The lowest BCUT2D eigenvalue weighted by molar-refractivity contribution is -0.129. The SMILES string of the molecule is O=C(O)/C=c1\sc2n(c1=O)[C@H](c1ccccc1)c1cc(Cl)ccc1N=2. The highest BCUT2D eigenvalue weighted by molar-refractivity contribution is 7.07. The van der Waals surface area contributed by atoms with E-state index in [1.165, 1.54) is 4.57 Å². The molecule has 0 saturated carbocycles. The van der Waals surface area contributed by atoms with Crippen molar-refractivity contribution >= 4 is 40.7 Å². The van der Waals surface area contributed by atoms with E-state index in [0.717, 1.165) is 34.2 Å². The third-order valence-corrected chi connectivity index (χ3v) is 5.18. The fourth-order valence-electron chi connectivity index (χ4n) is 2.96. The molecule has 4 rings (SSSR count). The molecule has 0 unspecified atom stereocenters. The molecular weight excluding hydrogens is 360 g/mol. The number of aliphatic carboxylic acids is 1. The second kappa shape index (κ2) is 5.98. The lowest BCUT2D eigenvalue weighted by Crippen LogP contribution is -2.37. The van der Waals surface area contributed by atoms with Crippen molar-refractivity contribution < 1.29 is 9.90 Å². The van der Waals surface area contributed by atoms with Crippen molar-refractivity contribution in [2.24, 2.45) is 4.99 Å². The van der Waals surface area contributed by atoms with Crippen LogP contribution in [-0.4, -0.2) is 15.6 Å². The molecule has 0 spiro atoms. The number of halogens is 1. The molecule has 3 aromatic rings. The van der Waals surface area contributed by atoms with Gasteiger partial charge in [0, 0.05) is 16.7 Å². The Morgan fingerprint density at radius 2 is 2.00 bits per heavy atom. The maximum absolute atomic E-state index is 12.8. The van der Waals surface area contributed by atoms with Crippen LogP contribution in [0.15, 0.2) is 58.3 Å². The van der Waals surface area contributed by atoms with Crippen LogP contribution in [0.3, 0.4) is 0 Å². The molecule has 1 atom stereocenters. The monoisotopic (exact) mass is 370 g/mol. The summed E-state index contributed by atoms with van der Waals surface area (Å²) in [4.78, 5) is 28.8. The fraction of sp³-hybridized carbons (Fsp3) is 0.0556. The van der Waals surface area contributed by atoms with Crippen molar-refractivity contribution in [3.8, 4) is 0 Å². The van der Waals surface area contributed by atoms with Gasteiger partial charge in [0.2, 0.25) is 0 Å². The van der Waals surface area contributed by atoms with Crippen molar-refractivity contribution in [2.45, 2.75) is 6.04 Å². The second-order valence-corrected chi connectivity index (χ2v) is 6.98. The summed E-state index contributed by atoms with van der Waals surface area (Å²) in [7, 11) is 0. The zero-order valence-corrected chi connectivity index (χ0v) is 14.3. The molecule has 0 saturated heterocycles. The Balaban J connectivity index is 2.10. The number of thiazole rings is 1. The number of fused-ring (bicyclic) bond motifs is 2. The van der Waals surface area contributed by atoms with Crippen molar-refractivity contribution in [3.05, 3.63) is 84.4 Å². The minimum Gasteiger partial charge on any atom is -0.478 e. The number of carbonyl (C=O) groups is 1. The zero-order chi connectivity index (χ0) is 17.6. The van der Waals surface area contributed by atoms with Crippen LogP contribution in [0, 0.1) is 0 Å². The predicted molar refractivity (Wildman–Crippen MR) is 96.3 cm³/mol. The van der Waals surface area contributed by atoms with Crippen LogP contribution in [0.25, 0.3) is 6.08 Å². The fourth-order valence-corrected chi connectivity index (χ4v) is 4.11. The Hall–Kier alpha value is -2.70. The third-order valence-electron chi connectivity index (χ3n) is 3.97. The van der Waals surface area contributed by atoms with Gasteiger partial charge in [-0.05, 0) is 23.8 Å². The van der Waals surface area contributed by atoms with E-state index in [2.05, 4.69) is 4.99 Å². The highest BCUT2D eigenvalue weighted by atomic mass is 35.5. The van der Waals surface area contributed by atoms with Crippen LogP contribution in [0.2, 0.25) is 5.02 Å². The topological polar surface area (TPSA) is 71.7 Å². The number of hydrogen-bond acceptors (Lipinski definition) is 4. The average molecular weight is 371 g/mol. The smallest absolute Gasteiger partial charge is 0.329 e. The quantitative estimate of drug-likeness (QED) is 0.588. The Bertz CT molecular complexity index is 1170. The Labute approximate surface area is 150 Å². The third kappa shape index (κ3) is 2.69. The Morgan fingerprint density at radius 1 is 1.24 bits per heavy atom. The van der Waals surface area contributed by atoms with Crippen LogP contribution >= 0.6 is 22.9 Å². The Kier molecular flexibility index (Phi) is 3.78. The molecule has 7 heteroatoms. The Morgan fingerprint density at radius 3 is 2.72 bits per heavy atom. The summed E-state index contributed by atoms with van der Waals surface area (Å²) >= 11 is 7.23. The largest absolute Gasteiger partial charge is 0.478 e.